The molecule has 0 aliphatic carbocycles. The minimum Gasteiger partial charge on any atom is -0.267 e. The van der Waals surface area contributed by atoms with Crippen molar-refractivity contribution in [3.8, 4) is 0 Å². The molecule has 0 atom stereocenters. The van der Waals surface area contributed by atoms with Crippen molar-refractivity contribution in [2.24, 2.45) is 0 Å². The van der Waals surface area contributed by atoms with Crippen LogP contribution in [0, 0.1) is 0 Å². The van der Waals surface area contributed by atoms with Crippen LogP contribution in [0.3, 0.4) is 0 Å². The third-order valence-electron chi connectivity index (χ3n) is 3.87. The number of benzene rings is 2. The van der Waals surface area contributed by atoms with Crippen molar-refractivity contribution in [3.05, 3.63) is 70.2 Å². The molecule has 0 saturated heterocycles. The van der Waals surface area contributed by atoms with Gasteiger partial charge >= 0.3 is 0 Å². The highest BCUT2D eigenvalue weighted by atomic mass is 35.5. The Morgan fingerprint density at radius 1 is 0.885 bits per heavy atom. The highest BCUT2D eigenvalue weighted by Crippen LogP contribution is 2.22. The van der Waals surface area contributed by atoms with Crippen LogP contribution in [0.15, 0.2) is 48.5 Å². The molecule has 0 fully saturated rings. The summed E-state index contributed by atoms with van der Waals surface area (Å²) < 4.78 is 0. The lowest BCUT2D eigenvalue weighted by molar-refractivity contribution is -0.0308. The van der Waals surface area contributed by atoms with Crippen molar-refractivity contribution in [1.29, 1.82) is 0 Å². The second kappa shape index (κ2) is 8.11. The molecule has 0 aliphatic heterocycles. The Kier molecular flexibility index (Phi) is 6.32. The number of amides is 2. The maximum absolute atomic E-state index is 13.1. The molecule has 0 radical (unpaired) electrons. The fraction of sp³-hybridized carbons (Fsp3) is 0.300. The number of rotatable bonds is 3. The van der Waals surface area contributed by atoms with Gasteiger partial charge in [-0.05, 0) is 62.7 Å². The Labute approximate surface area is 164 Å². The number of carbonyl (C=O) groups is 2. The average Bonchev–Trinajstić information content (AvgIpc) is 2.60. The molecule has 0 heterocycles. The first kappa shape index (κ1) is 20.3. The summed E-state index contributed by atoms with van der Waals surface area (Å²) in [5.41, 5.74) is 1.27. The van der Waals surface area contributed by atoms with Gasteiger partial charge in [-0.3, -0.25) is 9.59 Å². The summed E-state index contributed by atoms with van der Waals surface area (Å²) in [6.45, 7) is 5.64. The Balaban J connectivity index is 2.35. The highest BCUT2D eigenvalue weighted by Gasteiger charge is 2.33. The SMILES string of the molecule is CN(C(=O)c1ccc(Cl)cc1)N(C(=O)c1ccc(CCl)cc1)C(C)(C)C. The van der Waals surface area contributed by atoms with Crippen LogP contribution in [0.25, 0.3) is 0 Å². The molecule has 2 aromatic rings. The fourth-order valence-corrected chi connectivity index (χ4v) is 2.92. The van der Waals surface area contributed by atoms with Gasteiger partial charge in [0.05, 0.1) is 5.54 Å². The molecule has 2 amide bonds. The van der Waals surface area contributed by atoms with E-state index in [0.29, 0.717) is 22.0 Å². The summed E-state index contributed by atoms with van der Waals surface area (Å²) in [6, 6.07) is 13.6. The van der Waals surface area contributed by atoms with Gasteiger partial charge in [0.15, 0.2) is 0 Å². The minimum absolute atomic E-state index is 0.261. The summed E-state index contributed by atoms with van der Waals surface area (Å²) in [5.74, 6) is -0.169. The lowest BCUT2D eigenvalue weighted by atomic mass is 10.1. The molecule has 0 saturated carbocycles. The van der Waals surface area contributed by atoms with Gasteiger partial charge in [0, 0.05) is 29.1 Å². The van der Waals surface area contributed by atoms with Crippen molar-refractivity contribution in [2.45, 2.75) is 32.2 Å². The Morgan fingerprint density at radius 2 is 1.35 bits per heavy atom. The molecule has 0 aliphatic rings. The Bertz CT molecular complexity index is 781. The largest absolute Gasteiger partial charge is 0.272 e. The molecule has 0 unspecified atom stereocenters. The minimum atomic E-state index is -0.598. The first-order valence-corrected chi connectivity index (χ1v) is 9.09. The van der Waals surface area contributed by atoms with Crippen molar-refractivity contribution in [2.75, 3.05) is 7.05 Å². The molecule has 4 nitrogen and oxygen atoms in total. The van der Waals surface area contributed by atoms with Crippen LogP contribution < -0.4 is 0 Å². The summed E-state index contributed by atoms with van der Waals surface area (Å²) in [6.07, 6.45) is 0. The van der Waals surface area contributed by atoms with Crippen molar-refractivity contribution >= 4 is 35.0 Å². The standard InChI is InChI=1S/C20H22Cl2N2O2/c1-20(2,3)24(19(26)16-7-5-14(13-21)6-8-16)23(4)18(25)15-9-11-17(22)12-10-15/h5-12H,13H2,1-4H3. The molecule has 2 rings (SSSR count). The van der Waals surface area contributed by atoms with E-state index in [2.05, 4.69) is 0 Å². The van der Waals surface area contributed by atoms with Gasteiger partial charge in [-0.1, -0.05) is 23.7 Å². The maximum atomic E-state index is 13.1. The fourth-order valence-electron chi connectivity index (χ4n) is 2.62. The van der Waals surface area contributed by atoms with Gasteiger partial charge in [-0.2, -0.15) is 0 Å². The van der Waals surface area contributed by atoms with E-state index in [-0.39, 0.29) is 11.8 Å². The van der Waals surface area contributed by atoms with Gasteiger partial charge in [0.25, 0.3) is 11.8 Å². The molecule has 2 aromatic carbocycles. The van der Waals surface area contributed by atoms with Gasteiger partial charge in [0.2, 0.25) is 0 Å². The summed E-state index contributed by atoms with van der Waals surface area (Å²) >= 11 is 11.7. The first-order chi connectivity index (χ1) is 12.1. The van der Waals surface area contributed by atoms with Crippen LogP contribution in [-0.2, 0) is 5.88 Å². The number of hydrogen-bond donors (Lipinski definition) is 0. The quantitative estimate of drug-likeness (QED) is 0.544. The number of nitrogens with zero attached hydrogens (tertiary/aromatic N) is 2. The zero-order valence-electron chi connectivity index (χ0n) is 15.3. The number of hydrazine groups is 1. The van der Waals surface area contributed by atoms with Gasteiger partial charge in [-0.25, -0.2) is 10.0 Å². The van der Waals surface area contributed by atoms with E-state index in [1.165, 1.54) is 10.0 Å². The zero-order valence-corrected chi connectivity index (χ0v) is 16.8. The average molecular weight is 393 g/mol. The van der Waals surface area contributed by atoms with Crippen molar-refractivity contribution < 1.29 is 9.59 Å². The number of carbonyl (C=O) groups excluding carboxylic acids is 2. The normalized spacial score (nSPS) is 11.2. The monoisotopic (exact) mass is 392 g/mol. The van der Waals surface area contributed by atoms with E-state index >= 15 is 0 Å². The zero-order chi connectivity index (χ0) is 19.5. The molecule has 0 N–H and O–H groups in total. The van der Waals surface area contributed by atoms with Crippen molar-refractivity contribution in [3.63, 3.8) is 0 Å². The molecular weight excluding hydrogens is 371 g/mol. The third-order valence-corrected chi connectivity index (χ3v) is 4.43. The second-order valence-corrected chi connectivity index (χ2v) is 7.66. The topological polar surface area (TPSA) is 40.6 Å². The lowest BCUT2D eigenvalue weighted by Crippen LogP contribution is -2.56. The van der Waals surface area contributed by atoms with Gasteiger partial charge in [-0.15, -0.1) is 11.6 Å². The van der Waals surface area contributed by atoms with E-state index in [9.17, 15) is 9.59 Å². The van der Waals surface area contributed by atoms with Crippen LogP contribution in [0.5, 0.6) is 0 Å². The number of hydrogen-bond acceptors (Lipinski definition) is 2. The number of alkyl halides is 1. The number of halogens is 2. The maximum Gasteiger partial charge on any atom is 0.272 e. The van der Waals surface area contributed by atoms with Crippen LogP contribution >= 0.6 is 23.2 Å². The van der Waals surface area contributed by atoms with Gasteiger partial charge < -0.3 is 0 Å². The molecule has 0 aromatic heterocycles. The second-order valence-electron chi connectivity index (χ2n) is 6.95. The predicted molar refractivity (Wildman–Crippen MR) is 105 cm³/mol. The first-order valence-electron chi connectivity index (χ1n) is 8.18. The van der Waals surface area contributed by atoms with E-state index in [1.807, 2.05) is 32.9 Å². The molecule has 138 valence electrons. The van der Waals surface area contributed by atoms with Gasteiger partial charge in [0.1, 0.15) is 0 Å². The molecule has 26 heavy (non-hydrogen) atoms. The summed E-state index contributed by atoms with van der Waals surface area (Å²) in [5, 5.41) is 3.35. The summed E-state index contributed by atoms with van der Waals surface area (Å²) in [4.78, 5) is 26.0. The molecular formula is C20H22Cl2N2O2. The molecule has 0 spiro atoms. The lowest BCUT2D eigenvalue weighted by Gasteiger charge is -2.41. The van der Waals surface area contributed by atoms with Crippen LogP contribution in [-0.4, -0.2) is 34.4 Å². The van der Waals surface area contributed by atoms with Crippen LogP contribution in [0.2, 0.25) is 5.02 Å². The van der Waals surface area contributed by atoms with E-state index in [4.69, 9.17) is 23.2 Å². The third kappa shape index (κ3) is 4.57. The Hall–Kier alpha value is -2.04. The van der Waals surface area contributed by atoms with Crippen molar-refractivity contribution in [1.82, 2.24) is 10.0 Å². The van der Waals surface area contributed by atoms with E-state index < -0.39 is 5.54 Å². The van der Waals surface area contributed by atoms with E-state index in [0.717, 1.165) is 5.56 Å². The smallest absolute Gasteiger partial charge is 0.267 e. The molecule has 0 bridgehead atoms. The predicted octanol–water partition coefficient (Wildman–Crippen LogP) is 5.01. The van der Waals surface area contributed by atoms with Crippen LogP contribution in [0.4, 0.5) is 0 Å². The summed E-state index contributed by atoms with van der Waals surface area (Å²) in [7, 11) is 1.59. The Morgan fingerprint density at radius 3 is 1.81 bits per heavy atom. The highest BCUT2D eigenvalue weighted by molar-refractivity contribution is 6.30. The van der Waals surface area contributed by atoms with E-state index in [1.54, 1.807) is 43.4 Å². The molecule has 6 heteroatoms. The van der Waals surface area contributed by atoms with Crippen LogP contribution in [0.1, 0.15) is 47.1 Å².